The predicted molar refractivity (Wildman–Crippen MR) is 113 cm³/mol. The van der Waals surface area contributed by atoms with Gasteiger partial charge in [-0.05, 0) is 38.1 Å². The number of anilines is 1. The topological polar surface area (TPSA) is 55.4 Å². The largest absolute Gasteiger partial charge is 0.362 e. The van der Waals surface area contributed by atoms with Crippen molar-refractivity contribution < 1.29 is 0 Å². The van der Waals surface area contributed by atoms with Gasteiger partial charge in [-0.3, -0.25) is 13.8 Å². The molecule has 0 saturated carbocycles. The summed E-state index contributed by atoms with van der Waals surface area (Å²) in [7, 11) is 1.75. The van der Waals surface area contributed by atoms with Crippen LogP contribution in [0.5, 0.6) is 0 Å². The van der Waals surface area contributed by atoms with E-state index in [0.29, 0.717) is 17.7 Å². The van der Waals surface area contributed by atoms with Crippen LogP contribution in [-0.2, 0) is 13.6 Å². The molecule has 5 rings (SSSR count). The first-order valence-electron chi connectivity index (χ1n) is 9.29. The number of aryl methyl sites for hydroxylation is 1. The standard InChI is InChI=1S/C21H21N5OS/c1-21(2)13-25(16-10-6-7-11-17(16)28-21)12-18-22-23-20-24(3)19(27)14-8-4-5-9-15(14)26(18)20/h4-11H,12-13H2,1-3H3. The van der Waals surface area contributed by atoms with Gasteiger partial charge >= 0.3 is 0 Å². The van der Waals surface area contributed by atoms with Crippen LogP contribution in [0.2, 0.25) is 0 Å². The van der Waals surface area contributed by atoms with Crippen molar-refractivity contribution in [2.75, 3.05) is 11.4 Å². The van der Waals surface area contributed by atoms with Crippen LogP contribution in [0, 0.1) is 0 Å². The summed E-state index contributed by atoms with van der Waals surface area (Å²) in [5.41, 5.74) is 2.01. The number of para-hydroxylation sites is 2. The lowest BCUT2D eigenvalue weighted by Crippen LogP contribution is -2.40. The third-order valence-corrected chi connectivity index (χ3v) is 6.44. The highest BCUT2D eigenvalue weighted by molar-refractivity contribution is 8.00. The first-order chi connectivity index (χ1) is 13.4. The minimum atomic E-state index is -0.0529. The van der Waals surface area contributed by atoms with Crippen molar-refractivity contribution in [2.45, 2.75) is 30.0 Å². The zero-order chi connectivity index (χ0) is 19.5. The van der Waals surface area contributed by atoms with E-state index in [1.165, 1.54) is 10.6 Å². The van der Waals surface area contributed by atoms with E-state index < -0.39 is 0 Å². The van der Waals surface area contributed by atoms with Gasteiger partial charge in [-0.15, -0.1) is 22.0 Å². The molecule has 0 atom stereocenters. The number of rotatable bonds is 2. The van der Waals surface area contributed by atoms with Crippen molar-refractivity contribution in [3.05, 3.63) is 64.7 Å². The first kappa shape index (κ1) is 17.3. The van der Waals surface area contributed by atoms with E-state index in [0.717, 1.165) is 17.9 Å². The van der Waals surface area contributed by atoms with Gasteiger partial charge in [0.15, 0.2) is 5.82 Å². The number of thioether (sulfide) groups is 1. The Balaban J connectivity index is 1.69. The highest BCUT2D eigenvalue weighted by Crippen LogP contribution is 2.44. The molecular weight excluding hydrogens is 370 g/mol. The summed E-state index contributed by atoms with van der Waals surface area (Å²) in [4.78, 5) is 16.3. The average Bonchev–Trinajstić information content (AvgIpc) is 3.09. The SMILES string of the molecule is Cn1c(=O)c2ccccc2n2c(CN3CC(C)(C)Sc4ccccc43)nnc12. The molecule has 1 aliphatic rings. The molecule has 7 heteroatoms. The molecule has 28 heavy (non-hydrogen) atoms. The van der Waals surface area contributed by atoms with E-state index in [2.05, 4.69) is 53.2 Å². The van der Waals surface area contributed by atoms with Crippen molar-refractivity contribution in [2.24, 2.45) is 7.05 Å². The van der Waals surface area contributed by atoms with Gasteiger partial charge < -0.3 is 4.90 Å². The summed E-state index contributed by atoms with van der Waals surface area (Å²) in [6.45, 7) is 6.07. The van der Waals surface area contributed by atoms with Gasteiger partial charge in [0.2, 0.25) is 5.78 Å². The lowest BCUT2D eigenvalue weighted by atomic mass is 10.1. The second-order valence-corrected chi connectivity index (χ2v) is 9.57. The van der Waals surface area contributed by atoms with E-state index >= 15 is 0 Å². The first-order valence-corrected chi connectivity index (χ1v) is 10.1. The van der Waals surface area contributed by atoms with Crippen molar-refractivity contribution in [3.8, 4) is 0 Å². The average molecular weight is 392 g/mol. The van der Waals surface area contributed by atoms with Crippen LogP contribution < -0.4 is 10.5 Å². The molecule has 0 radical (unpaired) electrons. The maximum atomic E-state index is 12.7. The van der Waals surface area contributed by atoms with Crippen LogP contribution in [0.3, 0.4) is 0 Å². The molecule has 4 aromatic rings. The van der Waals surface area contributed by atoms with Crippen LogP contribution in [0.15, 0.2) is 58.2 Å². The Hall–Kier alpha value is -2.80. The van der Waals surface area contributed by atoms with Crippen LogP contribution >= 0.6 is 11.8 Å². The maximum absolute atomic E-state index is 12.7. The Morgan fingerprint density at radius 1 is 1.07 bits per heavy atom. The Bertz CT molecular complexity index is 1270. The van der Waals surface area contributed by atoms with Gasteiger partial charge in [-0.25, -0.2) is 0 Å². The number of hydrogen-bond acceptors (Lipinski definition) is 5. The Labute approximate surface area is 166 Å². The highest BCUT2D eigenvalue weighted by atomic mass is 32.2. The fourth-order valence-corrected chi connectivity index (χ4v) is 5.25. The van der Waals surface area contributed by atoms with E-state index in [-0.39, 0.29) is 10.3 Å². The highest BCUT2D eigenvalue weighted by Gasteiger charge is 2.31. The zero-order valence-corrected chi connectivity index (χ0v) is 16.9. The van der Waals surface area contributed by atoms with Crippen molar-refractivity contribution in [3.63, 3.8) is 0 Å². The summed E-state index contributed by atoms with van der Waals surface area (Å²) in [6, 6.07) is 16.1. The van der Waals surface area contributed by atoms with Crippen molar-refractivity contribution >= 4 is 34.1 Å². The Kier molecular flexibility index (Phi) is 3.77. The molecule has 142 valence electrons. The van der Waals surface area contributed by atoms with Gasteiger partial charge in [0.1, 0.15) is 0 Å². The summed E-state index contributed by atoms with van der Waals surface area (Å²) in [5.74, 6) is 1.40. The fraction of sp³-hybridized carbons (Fsp3) is 0.286. The number of benzene rings is 2. The lowest BCUT2D eigenvalue weighted by molar-refractivity contribution is 0.626. The molecule has 0 aliphatic carbocycles. The van der Waals surface area contributed by atoms with Crippen LogP contribution in [0.25, 0.3) is 16.7 Å². The molecule has 2 aromatic carbocycles. The summed E-state index contributed by atoms with van der Waals surface area (Å²) in [6.07, 6.45) is 0. The number of nitrogens with zero attached hydrogens (tertiary/aromatic N) is 5. The summed E-state index contributed by atoms with van der Waals surface area (Å²) in [5, 5.41) is 9.47. The molecule has 0 unspecified atom stereocenters. The van der Waals surface area contributed by atoms with E-state index in [4.69, 9.17) is 0 Å². The molecule has 0 amide bonds. The van der Waals surface area contributed by atoms with Gasteiger partial charge in [-0.1, -0.05) is 24.3 Å². The molecule has 0 spiro atoms. The number of fused-ring (bicyclic) bond motifs is 4. The van der Waals surface area contributed by atoms with Gasteiger partial charge in [0, 0.05) is 23.2 Å². The molecule has 1 aliphatic heterocycles. The molecule has 2 aromatic heterocycles. The van der Waals surface area contributed by atoms with Crippen LogP contribution in [0.4, 0.5) is 5.69 Å². The molecule has 6 nitrogen and oxygen atoms in total. The Morgan fingerprint density at radius 3 is 2.68 bits per heavy atom. The second kappa shape index (κ2) is 6.10. The third kappa shape index (κ3) is 2.61. The third-order valence-electron chi connectivity index (χ3n) is 5.19. The maximum Gasteiger partial charge on any atom is 0.262 e. The van der Waals surface area contributed by atoms with Gasteiger partial charge in [0.25, 0.3) is 5.56 Å². The van der Waals surface area contributed by atoms with E-state index in [9.17, 15) is 4.79 Å². The van der Waals surface area contributed by atoms with Crippen molar-refractivity contribution in [1.29, 1.82) is 0 Å². The van der Waals surface area contributed by atoms with Gasteiger partial charge in [0.05, 0.1) is 23.1 Å². The molecule has 0 N–H and O–H groups in total. The monoisotopic (exact) mass is 391 g/mol. The number of hydrogen-bond donors (Lipinski definition) is 0. The molecular formula is C21H21N5OS. The molecule has 0 saturated heterocycles. The zero-order valence-electron chi connectivity index (χ0n) is 16.1. The predicted octanol–water partition coefficient (Wildman–Crippen LogP) is 3.47. The smallest absolute Gasteiger partial charge is 0.262 e. The van der Waals surface area contributed by atoms with Crippen molar-refractivity contribution in [1.82, 2.24) is 19.2 Å². The minimum Gasteiger partial charge on any atom is -0.362 e. The molecule has 3 heterocycles. The van der Waals surface area contributed by atoms with Crippen LogP contribution in [0.1, 0.15) is 19.7 Å². The van der Waals surface area contributed by atoms with E-state index in [1.54, 1.807) is 11.6 Å². The molecule has 0 fully saturated rings. The summed E-state index contributed by atoms with van der Waals surface area (Å²) < 4.78 is 3.68. The van der Waals surface area contributed by atoms with Gasteiger partial charge in [-0.2, -0.15) is 0 Å². The minimum absolute atomic E-state index is 0.0529. The lowest BCUT2D eigenvalue weighted by Gasteiger charge is -2.39. The van der Waals surface area contributed by atoms with Crippen LogP contribution in [-0.4, -0.2) is 30.5 Å². The fourth-order valence-electron chi connectivity index (χ4n) is 3.99. The quantitative estimate of drug-likeness (QED) is 0.524. The molecule has 0 bridgehead atoms. The van der Waals surface area contributed by atoms with E-state index in [1.807, 2.05) is 40.4 Å². The number of aromatic nitrogens is 4. The normalized spacial score (nSPS) is 15.9. The second-order valence-electron chi connectivity index (χ2n) is 7.82. The summed E-state index contributed by atoms with van der Waals surface area (Å²) >= 11 is 1.91. The Morgan fingerprint density at radius 2 is 1.82 bits per heavy atom.